The molecule has 0 unspecified atom stereocenters. The average Bonchev–Trinajstić information content (AvgIpc) is 2.45. The number of hydrogen-bond donors (Lipinski definition) is 3. The summed E-state index contributed by atoms with van der Waals surface area (Å²) in [6.45, 7) is 7.64. The maximum absolute atomic E-state index is 12.5. The van der Waals surface area contributed by atoms with Crippen molar-refractivity contribution >= 4 is 15.7 Å². The van der Waals surface area contributed by atoms with Gasteiger partial charge < -0.3 is 10.8 Å². The summed E-state index contributed by atoms with van der Waals surface area (Å²) in [7, 11) is -3.69. The molecule has 0 aromatic heterocycles. The third-order valence-corrected chi connectivity index (χ3v) is 6.05. The molecule has 120 valence electrons. The zero-order valence-corrected chi connectivity index (χ0v) is 14.0. The number of rotatable bonds is 7. The van der Waals surface area contributed by atoms with Crippen molar-refractivity contribution in [3.63, 3.8) is 0 Å². The molecular weight excluding hydrogens is 288 g/mol. The molecule has 21 heavy (non-hydrogen) atoms. The van der Waals surface area contributed by atoms with E-state index in [0.717, 1.165) is 5.56 Å². The standard InChI is InChI=1S/C15H26N2O3S/c1-5-15(6-2,10-18)9-17-21(19,20)14-12(4)11(3)7-8-13(14)16/h7-8,17-18H,5-6,9-10,16H2,1-4H3. The van der Waals surface area contributed by atoms with Crippen molar-refractivity contribution in [2.75, 3.05) is 18.9 Å². The van der Waals surface area contributed by atoms with Crippen molar-refractivity contribution in [2.24, 2.45) is 5.41 Å². The van der Waals surface area contributed by atoms with E-state index in [1.165, 1.54) is 0 Å². The highest BCUT2D eigenvalue weighted by atomic mass is 32.2. The SMILES string of the molecule is CCC(CC)(CO)CNS(=O)(=O)c1c(N)ccc(C)c1C. The Hall–Kier alpha value is -1.11. The van der Waals surface area contributed by atoms with Crippen LogP contribution in [0.5, 0.6) is 0 Å². The van der Waals surface area contributed by atoms with Crippen molar-refractivity contribution in [3.05, 3.63) is 23.3 Å². The lowest BCUT2D eigenvalue weighted by Crippen LogP contribution is -2.39. The Kier molecular flexibility index (Phi) is 5.78. The Morgan fingerprint density at radius 3 is 2.29 bits per heavy atom. The second-order valence-corrected chi connectivity index (χ2v) is 7.32. The molecule has 0 aliphatic carbocycles. The summed E-state index contributed by atoms with van der Waals surface area (Å²) >= 11 is 0. The van der Waals surface area contributed by atoms with E-state index in [2.05, 4.69) is 4.72 Å². The fourth-order valence-electron chi connectivity index (χ4n) is 2.27. The van der Waals surface area contributed by atoms with Gasteiger partial charge in [0.05, 0.1) is 5.69 Å². The van der Waals surface area contributed by atoms with E-state index in [1.54, 1.807) is 19.1 Å². The molecule has 0 aliphatic heterocycles. The van der Waals surface area contributed by atoms with Crippen LogP contribution < -0.4 is 10.5 Å². The van der Waals surface area contributed by atoms with Crippen molar-refractivity contribution in [2.45, 2.75) is 45.4 Å². The van der Waals surface area contributed by atoms with Crippen LogP contribution in [-0.4, -0.2) is 26.7 Å². The van der Waals surface area contributed by atoms with Crippen LogP contribution in [0.4, 0.5) is 5.69 Å². The quantitative estimate of drug-likeness (QED) is 0.671. The molecule has 0 aliphatic rings. The Morgan fingerprint density at radius 1 is 1.24 bits per heavy atom. The van der Waals surface area contributed by atoms with E-state index in [4.69, 9.17) is 5.73 Å². The van der Waals surface area contributed by atoms with Gasteiger partial charge in [-0.05, 0) is 43.9 Å². The minimum atomic E-state index is -3.69. The molecule has 1 rings (SSSR count). The molecule has 4 N–H and O–H groups in total. The summed E-state index contributed by atoms with van der Waals surface area (Å²) in [5.41, 5.74) is 7.19. The number of sulfonamides is 1. The van der Waals surface area contributed by atoms with Crippen molar-refractivity contribution in [3.8, 4) is 0 Å². The Labute approximate surface area is 127 Å². The van der Waals surface area contributed by atoms with E-state index >= 15 is 0 Å². The summed E-state index contributed by atoms with van der Waals surface area (Å²) in [5, 5.41) is 9.54. The van der Waals surface area contributed by atoms with Crippen LogP contribution in [0.2, 0.25) is 0 Å². The molecular formula is C15H26N2O3S. The summed E-state index contributed by atoms with van der Waals surface area (Å²) < 4.78 is 27.7. The van der Waals surface area contributed by atoms with Gasteiger partial charge >= 0.3 is 0 Å². The van der Waals surface area contributed by atoms with Crippen LogP contribution in [-0.2, 0) is 10.0 Å². The van der Waals surface area contributed by atoms with Gasteiger partial charge in [-0.3, -0.25) is 0 Å². The highest BCUT2D eigenvalue weighted by Crippen LogP contribution is 2.28. The van der Waals surface area contributed by atoms with Gasteiger partial charge in [0.2, 0.25) is 10.0 Å². The summed E-state index contributed by atoms with van der Waals surface area (Å²) in [4.78, 5) is 0.140. The van der Waals surface area contributed by atoms with Crippen molar-refractivity contribution in [1.29, 1.82) is 0 Å². The largest absolute Gasteiger partial charge is 0.398 e. The minimum Gasteiger partial charge on any atom is -0.398 e. The van der Waals surface area contributed by atoms with Gasteiger partial charge in [-0.15, -0.1) is 0 Å². The monoisotopic (exact) mass is 314 g/mol. The molecule has 0 atom stereocenters. The Morgan fingerprint density at radius 2 is 1.81 bits per heavy atom. The lowest BCUT2D eigenvalue weighted by molar-refractivity contribution is 0.119. The first-order valence-corrected chi connectivity index (χ1v) is 8.67. The fourth-order valence-corrected chi connectivity index (χ4v) is 3.85. The molecule has 0 amide bonds. The van der Waals surface area contributed by atoms with Gasteiger partial charge in [0.1, 0.15) is 4.90 Å². The summed E-state index contributed by atoms with van der Waals surface area (Å²) in [6.07, 6.45) is 1.40. The smallest absolute Gasteiger partial charge is 0.242 e. The number of benzene rings is 1. The highest BCUT2D eigenvalue weighted by Gasteiger charge is 2.29. The second kappa shape index (κ2) is 6.77. The zero-order valence-electron chi connectivity index (χ0n) is 13.2. The van der Waals surface area contributed by atoms with Crippen LogP contribution in [0, 0.1) is 19.3 Å². The summed E-state index contributed by atoms with van der Waals surface area (Å²) in [6, 6.07) is 3.41. The number of aliphatic hydroxyl groups excluding tert-OH is 1. The lowest BCUT2D eigenvalue weighted by atomic mass is 9.84. The average molecular weight is 314 g/mol. The summed E-state index contributed by atoms with van der Waals surface area (Å²) in [5.74, 6) is 0. The van der Waals surface area contributed by atoms with E-state index in [1.807, 2.05) is 20.8 Å². The normalized spacial score (nSPS) is 12.6. The molecule has 0 bridgehead atoms. The van der Waals surface area contributed by atoms with E-state index in [-0.39, 0.29) is 23.7 Å². The number of nitrogens with two attached hydrogens (primary N) is 1. The van der Waals surface area contributed by atoms with Crippen molar-refractivity contribution < 1.29 is 13.5 Å². The van der Waals surface area contributed by atoms with Crippen LogP contribution in [0.3, 0.4) is 0 Å². The predicted octanol–water partition coefficient (Wildman–Crippen LogP) is 1.96. The third kappa shape index (κ3) is 3.75. The molecule has 0 spiro atoms. The maximum Gasteiger partial charge on any atom is 0.242 e. The molecule has 0 heterocycles. The number of anilines is 1. The van der Waals surface area contributed by atoms with Crippen LogP contribution in [0.25, 0.3) is 0 Å². The van der Waals surface area contributed by atoms with Crippen LogP contribution >= 0.6 is 0 Å². The topological polar surface area (TPSA) is 92.4 Å². The fraction of sp³-hybridized carbons (Fsp3) is 0.600. The van der Waals surface area contributed by atoms with Gasteiger partial charge in [0.25, 0.3) is 0 Å². The molecule has 0 fully saturated rings. The second-order valence-electron chi connectivity index (χ2n) is 5.62. The zero-order chi connectivity index (χ0) is 16.3. The third-order valence-electron chi connectivity index (χ3n) is 4.45. The molecule has 6 heteroatoms. The van der Waals surface area contributed by atoms with E-state index in [9.17, 15) is 13.5 Å². The van der Waals surface area contributed by atoms with Gasteiger partial charge in [-0.2, -0.15) is 0 Å². The number of nitrogen functional groups attached to an aromatic ring is 1. The molecule has 5 nitrogen and oxygen atoms in total. The van der Waals surface area contributed by atoms with E-state index in [0.29, 0.717) is 18.4 Å². The predicted molar refractivity (Wildman–Crippen MR) is 85.6 cm³/mol. The number of hydrogen-bond acceptors (Lipinski definition) is 4. The van der Waals surface area contributed by atoms with Gasteiger partial charge in [-0.1, -0.05) is 19.9 Å². The number of nitrogens with one attached hydrogen (secondary N) is 1. The Balaban J connectivity index is 3.12. The minimum absolute atomic E-state index is 0.0508. The first-order chi connectivity index (χ1) is 9.73. The molecule has 0 radical (unpaired) electrons. The molecule has 1 aromatic carbocycles. The van der Waals surface area contributed by atoms with Crippen LogP contribution in [0.1, 0.15) is 37.8 Å². The highest BCUT2D eigenvalue weighted by molar-refractivity contribution is 7.89. The molecule has 0 saturated heterocycles. The Bertz CT molecular complexity index is 585. The maximum atomic E-state index is 12.5. The van der Waals surface area contributed by atoms with Crippen LogP contribution in [0.15, 0.2) is 17.0 Å². The molecule has 1 aromatic rings. The van der Waals surface area contributed by atoms with Gasteiger partial charge in [0, 0.05) is 18.6 Å². The number of aryl methyl sites for hydroxylation is 1. The van der Waals surface area contributed by atoms with Gasteiger partial charge in [0.15, 0.2) is 0 Å². The first-order valence-electron chi connectivity index (χ1n) is 7.19. The lowest BCUT2D eigenvalue weighted by Gasteiger charge is -2.29. The number of aliphatic hydroxyl groups is 1. The van der Waals surface area contributed by atoms with Crippen molar-refractivity contribution in [1.82, 2.24) is 4.72 Å². The van der Waals surface area contributed by atoms with Gasteiger partial charge in [-0.25, -0.2) is 13.1 Å². The molecule has 0 saturated carbocycles. The van der Waals surface area contributed by atoms with E-state index < -0.39 is 15.4 Å². The first kappa shape index (κ1) is 17.9.